The third kappa shape index (κ3) is 1.86. The molecule has 1 saturated heterocycles. The minimum absolute atomic E-state index is 0.117. The highest BCUT2D eigenvalue weighted by Crippen LogP contribution is 2.28. The average Bonchev–Trinajstić information content (AvgIpc) is 3.06. The molecule has 0 aromatic carbocycles. The van der Waals surface area contributed by atoms with Gasteiger partial charge in [-0.3, -0.25) is 9.89 Å². The standard InChI is InChI=1S/C11H13N5O3S/c12-9(17)8-4-2-6-16(8)20(18,19)11-7-3-1-5-13-10(7)14-15-11/h1,3,5,8H,2,4,6H2,(H2,12,17)(H,13,14,15)/t8-/m0/s1. The van der Waals surface area contributed by atoms with Gasteiger partial charge in [-0.1, -0.05) is 0 Å². The first-order valence-corrected chi connectivity index (χ1v) is 7.56. The lowest BCUT2D eigenvalue weighted by Crippen LogP contribution is -2.43. The third-order valence-electron chi connectivity index (χ3n) is 3.39. The molecule has 1 aliphatic heterocycles. The molecule has 3 rings (SSSR count). The van der Waals surface area contributed by atoms with Gasteiger partial charge in [0.25, 0.3) is 10.0 Å². The molecule has 0 radical (unpaired) electrons. The van der Waals surface area contributed by atoms with Crippen LogP contribution in [-0.4, -0.2) is 46.4 Å². The van der Waals surface area contributed by atoms with Crippen LogP contribution in [0.5, 0.6) is 0 Å². The number of amides is 1. The smallest absolute Gasteiger partial charge is 0.263 e. The van der Waals surface area contributed by atoms with Gasteiger partial charge in [-0.2, -0.15) is 9.40 Å². The van der Waals surface area contributed by atoms with Crippen molar-refractivity contribution in [3.8, 4) is 0 Å². The van der Waals surface area contributed by atoms with Crippen molar-refractivity contribution < 1.29 is 13.2 Å². The molecular formula is C11H13N5O3S. The number of sulfonamides is 1. The molecule has 0 aliphatic carbocycles. The highest BCUT2D eigenvalue weighted by atomic mass is 32.2. The van der Waals surface area contributed by atoms with Crippen LogP contribution in [0.4, 0.5) is 0 Å². The molecule has 3 N–H and O–H groups in total. The molecule has 9 heteroatoms. The summed E-state index contributed by atoms with van der Waals surface area (Å²) in [6.45, 7) is 0.268. The first-order chi connectivity index (χ1) is 9.51. The summed E-state index contributed by atoms with van der Waals surface area (Å²) >= 11 is 0. The molecule has 0 spiro atoms. The molecule has 1 fully saturated rings. The van der Waals surface area contributed by atoms with E-state index in [-0.39, 0.29) is 11.6 Å². The first-order valence-electron chi connectivity index (χ1n) is 6.12. The fraction of sp³-hybridized carbons (Fsp3) is 0.364. The van der Waals surface area contributed by atoms with Crippen molar-refractivity contribution in [2.75, 3.05) is 6.54 Å². The quantitative estimate of drug-likeness (QED) is 0.797. The second-order valence-corrected chi connectivity index (χ2v) is 6.41. The van der Waals surface area contributed by atoms with E-state index in [2.05, 4.69) is 15.2 Å². The number of fused-ring (bicyclic) bond motifs is 1. The zero-order chi connectivity index (χ0) is 14.3. The molecule has 0 bridgehead atoms. The van der Waals surface area contributed by atoms with Gasteiger partial charge in [0.15, 0.2) is 5.65 Å². The van der Waals surface area contributed by atoms with Gasteiger partial charge in [-0.15, -0.1) is 0 Å². The Balaban J connectivity index is 2.10. The molecule has 0 saturated carbocycles. The summed E-state index contributed by atoms with van der Waals surface area (Å²) < 4.78 is 26.4. The molecule has 106 valence electrons. The van der Waals surface area contributed by atoms with Crippen LogP contribution in [0.1, 0.15) is 12.8 Å². The zero-order valence-electron chi connectivity index (χ0n) is 10.5. The minimum Gasteiger partial charge on any atom is -0.368 e. The number of carbonyl (C=O) groups excluding carboxylic acids is 1. The largest absolute Gasteiger partial charge is 0.368 e. The molecule has 1 atom stereocenters. The Bertz CT molecular complexity index is 769. The van der Waals surface area contributed by atoms with E-state index < -0.39 is 22.0 Å². The van der Waals surface area contributed by atoms with Crippen LogP contribution < -0.4 is 5.73 Å². The number of hydrogen-bond acceptors (Lipinski definition) is 5. The molecule has 20 heavy (non-hydrogen) atoms. The lowest BCUT2D eigenvalue weighted by molar-refractivity contribution is -0.121. The van der Waals surface area contributed by atoms with Gasteiger partial charge >= 0.3 is 0 Å². The Morgan fingerprint density at radius 1 is 1.50 bits per heavy atom. The fourth-order valence-electron chi connectivity index (χ4n) is 2.45. The highest BCUT2D eigenvalue weighted by Gasteiger charge is 2.40. The van der Waals surface area contributed by atoms with Crippen molar-refractivity contribution in [1.82, 2.24) is 19.5 Å². The molecule has 2 aromatic heterocycles. The maximum Gasteiger partial charge on any atom is 0.263 e. The van der Waals surface area contributed by atoms with Crippen molar-refractivity contribution in [3.05, 3.63) is 18.3 Å². The van der Waals surface area contributed by atoms with Gasteiger partial charge in [0.2, 0.25) is 10.9 Å². The molecule has 3 heterocycles. The second-order valence-electron chi connectivity index (χ2n) is 4.60. The van der Waals surface area contributed by atoms with Crippen molar-refractivity contribution in [2.24, 2.45) is 5.73 Å². The normalized spacial score (nSPS) is 20.5. The minimum atomic E-state index is -3.87. The van der Waals surface area contributed by atoms with E-state index in [9.17, 15) is 13.2 Å². The zero-order valence-corrected chi connectivity index (χ0v) is 11.3. The van der Waals surface area contributed by atoms with Gasteiger partial charge in [0, 0.05) is 12.7 Å². The summed E-state index contributed by atoms with van der Waals surface area (Å²) in [6.07, 6.45) is 2.58. The van der Waals surface area contributed by atoms with Crippen LogP contribution in [0.3, 0.4) is 0 Å². The summed E-state index contributed by atoms with van der Waals surface area (Å²) in [7, 11) is -3.87. The fourth-order valence-corrected chi connectivity index (χ4v) is 4.19. The predicted octanol–water partition coefficient (Wildman–Crippen LogP) is -0.404. The van der Waals surface area contributed by atoms with Crippen molar-refractivity contribution >= 4 is 27.0 Å². The summed E-state index contributed by atoms with van der Waals surface area (Å²) in [6, 6.07) is 2.45. The molecule has 2 aromatic rings. The van der Waals surface area contributed by atoms with E-state index in [0.29, 0.717) is 23.9 Å². The second kappa shape index (κ2) is 4.53. The molecule has 8 nitrogen and oxygen atoms in total. The topological polar surface area (TPSA) is 122 Å². The van der Waals surface area contributed by atoms with E-state index in [1.807, 2.05) is 0 Å². The molecule has 1 amide bonds. The Morgan fingerprint density at radius 2 is 2.30 bits per heavy atom. The van der Waals surface area contributed by atoms with Gasteiger partial charge < -0.3 is 5.73 Å². The maximum atomic E-state index is 12.6. The third-order valence-corrected chi connectivity index (χ3v) is 5.24. The monoisotopic (exact) mass is 295 g/mol. The first kappa shape index (κ1) is 13.0. The lowest BCUT2D eigenvalue weighted by atomic mass is 10.2. The van der Waals surface area contributed by atoms with E-state index in [0.717, 1.165) is 4.31 Å². The van der Waals surface area contributed by atoms with Gasteiger partial charge in [0.1, 0.15) is 6.04 Å². The van der Waals surface area contributed by atoms with Crippen LogP contribution in [0.25, 0.3) is 11.0 Å². The van der Waals surface area contributed by atoms with Gasteiger partial charge in [-0.25, -0.2) is 13.4 Å². The van der Waals surface area contributed by atoms with Crippen molar-refractivity contribution in [3.63, 3.8) is 0 Å². The summed E-state index contributed by atoms with van der Waals surface area (Å²) in [5.41, 5.74) is 5.65. The van der Waals surface area contributed by atoms with Gasteiger partial charge in [-0.05, 0) is 25.0 Å². The molecule has 1 aliphatic rings. The number of primary amides is 1. The molecular weight excluding hydrogens is 282 g/mol. The average molecular weight is 295 g/mol. The SMILES string of the molecule is NC(=O)[C@@H]1CCCN1S(=O)(=O)c1n[nH]c2ncccc12. The number of hydrogen-bond donors (Lipinski definition) is 2. The van der Waals surface area contributed by atoms with E-state index in [1.165, 1.54) is 0 Å². The van der Waals surface area contributed by atoms with E-state index in [1.54, 1.807) is 18.3 Å². The number of aromatic amines is 1. The van der Waals surface area contributed by atoms with Crippen molar-refractivity contribution in [2.45, 2.75) is 23.9 Å². The Hall–Kier alpha value is -2.00. The number of aromatic nitrogens is 3. The number of nitrogens with two attached hydrogens (primary N) is 1. The number of nitrogens with zero attached hydrogens (tertiary/aromatic N) is 3. The number of H-pyrrole nitrogens is 1. The van der Waals surface area contributed by atoms with E-state index in [4.69, 9.17) is 5.73 Å². The summed E-state index contributed by atoms with van der Waals surface area (Å²) in [5, 5.41) is 6.70. The summed E-state index contributed by atoms with van der Waals surface area (Å²) in [5.74, 6) is -0.635. The van der Waals surface area contributed by atoms with Crippen LogP contribution in [-0.2, 0) is 14.8 Å². The van der Waals surface area contributed by atoms with Crippen LogP contribution in [0.15, 0.2) is 23.4 Å². The highest BCUT2D eigenvalue weighted by molar-refractivity contribution is 7.89. The van der Waals surface area contributed by atoms with Crippen LogP contribution >= 0.6 is 0 Å². The molecule has 0 unspecified atom stereocenters. The number of carbonyl (C=O) groups is 1. The predicted molar refractivity (Wildman–Crippen MR) is 70.0 cm³/mol. The van der Waals surface area contributed by atoms with E-state index >= 15 is 0 Å². The Morgan fingerprint density at radius 3 is 3.05 bits per heavy atom. The Labute approximate surface area is 115 Å². The van der Waals surface area contributed by atoms with Crippen molar-refractivity contribution in [1.29, 1.82) is 0 Å². The Kier molecular flexibility index (Phi) is 2.94. The van der Waals surface area contributed by atoms with Crippen LogP contribution in [0.2, 0.25) is 0 Å². The lowest BCUT2D eigenvalue weighted by Gasteiger charge is -2.20. The number of rotatable bonds is 3. The summed E-state index contributed by atoms with van der Waals surface area (Å²) in [4.78, 5) is 15.4. The number of pyridine rings is 1. The maximum absolute atomic E-state index is 12.6. The number of nitrogens with one attached hydrogen (secondary N) is 1. The van der Waals surface area contributed by atoms with Crippen LogP contribution in [0, 0.1) is 0 Å². The van der Waals surface area contributed by atoms with Gasteiger partial charge in [0.05, 0.1) is 5.39 Å².